The summed E-state index contributed by atoms with van der Waals surface area (Å²) in [5.74, 6) is 0. The Balaban J connectivity index is 4.06. The molecule has 32 valence electrons. The number of hydrogen-bond donors (Lipinski definition) is 0. The number of rotatable bonds is 0. The molecule has 0 rings (SSSR count). The Kier molecular flexibility index (Phi) is 1.17. The van der Waals surface area contributed by atoms with Crippen LogP contribution in [0.25, 0.3) is 0 Å². The van der Waals surface area contributed by atoms with Crippen molar-refractivity contribution in [3.05, 3.63) is 0 Å². The van der Waals surface area contributed by atoms with E-state index in [4.69, 9.17) is 14.3 Å². The zero-order valence-electron chi connectivity index (χ0n) is 2.04. The van der Waals surface area contributed by atoms with Crippen LogP contribution in [0.3, 0.4) is 0 Å². The normalized spacial score (nSPS) is 11.6. The molecular formula is O4W-2. The molecule has 0 bridgehead atoms. The molecular weight excluding hydrogens is 248 g/mol. The van der Waals surface area contributed by atoms with Crippen molar-refractivity contribution in [3.63, 3.8) is 0 Å². The predicted octanol–water partition coefficient (Wildman–Crippen LogP) is -2.62. The SMILES string of the molecule is [O]=[W](=[O])([O-])[O-]. The molecule has 0 aromatic carbocycles. The van der Waals surface area contributed by atoms with Gasteiger partial charge in [-0.2, -0.15) is 0 Å². The first-order chi connectivity index (χ1) is 2.00. The van der Waals surface area contributed by atoms with Gasteiger partial charge in [0, 0.05) is 0 Å². The van der Waals surface area contributed by atoms with Crippen LogP contribution in [0.4, 0.5) is 0 Å². The average Bonchev–Trinajstić information content (AvgIpc) is 0.722. The van der Waals surface area contributed by atoms with Gasteiger partial charge in [0.15, 0.2) is 0 Å². The predicted molar refractivity (Wildman–Crippen MR) is 1.37 cm³/mol. The monoisotopic (exact) mass is 248 g/mol. The van der Waals surface area contributed by atoms with E-state index in [0.717, 1.165) is 0 Å². The molecule has 0 heterocycles. The van der Waals surface area contributed by atoms with Crippen molar-refractivity contribution in [2.24, 2.45) is 0 Å². The molecule has 5 heteroatoms. The molecule has 4 nitrogen and oxygen atoms in total. The Morgan fingerprint density at radius 1 is 1.20 bits per heavy atom. The van der Waals surface area contributed by atoms with E-state index in [9.17, 15) is 0 Å². The molecule has 0 aromatic heterocycles. The van der Waals surface area contributed by atoms with Crippen molar-refractivity contribution in [2.45, 2.75) is 0 Å². The number of hydrogen-bond acceptors (Lipinski definition) is 4. The molecule has 0 N–H and O–H groups in total. The van der Waals surface area contributed by atoms with E-state index in [-0.39, 0.29) is 0 Å². The summed E-state index contributed by atoms with van der Waals surface area (Å²) in [5.41, 5.74) is 0. The summed E-state index contributed by atoms with van der Waals surface area (Å²) in [7, 11) is 0. The van der Waals surface area contributed by atoms with Gasteiger partial charge in [-0.05, 0) is 0 Å². The molecule has 0 amide bonds. The molecule has 0 saturated carbocycles. The van der Waals surface area contributed by atoms with Crippen molar-refractivity contribution < 1.29 is 31.1 Å². The van der Waals surface area contributed by atoms with Gasteiger partial charge in [0.1, 0.15) is 0 Å². The summed E-state index contributed by atoms with van der Waals surface area (Å²) in [5, 5.41) is 0. The Morgan fingerprint density at radius 2 is 1.20 bits per heavy atom. The Morgan fingerprint density at radius 3 is 1.20 bits per heavy atom. The molecule has 5 heavy (non-hydrogen) atoms. The van der Waals surface area contributed by atoms with Crippen LogP contribution in [-0.2, 0) is 23.5 Å². The molecule has 0 radical (unpaired) electrons. The second-order valence-electron chi connectivity index (χ2n) is 0.408. The molecule has 0 aliphatic rings. The minimum absolute atomic E-state index is 6.17. The maximum absolute atomic E-state index is 8.65. The average molecular weight is 248 g/mol. The van der Waals surface area contributed by atoms with Gasteiger partial charge in [-0.15, -0.1) is 0 Å². The van der Waals surface area contributed by atoms with Crippen LogP contribution >= 0.6 is 0 Å². The molecule has 0 atom stereocenters. The molecule has 0 fully saturated rings. The first-order valence-electron chi connectivity index (χ1n) is 0.667. The van der Waals surface area contributed by atoms with Crippen molar-refractivity contribution in [3.8, 4) is 0 Å². The van der Waals surface area contributed by atoms with Crippen LogP contribution in [0.15, 0.2) is 0 Å². The van der Waals surface area contributed by atoms with Gasteiger partial charge in [0.25, 0.3) is 0 Å². The van der Waals surface area contributed by atoms with E-state index >= 15 is 0 Å². The van der Waals surface area contributed by atoms with Crippen LogP contribution < -0.4 is 7.52 Å². The van der Waals surface area contributed by atoms with Gasteiger partial charge in [-0.1, -0.05) is 0 Å². The van der Waals surface area contributed by atoms with Crippen LogP contribution in [-0.4, -0.2) is 0 Å². The van der Waals surface area contributed by atoms with E-state index in [1.165, 1.54) is 0 Å². The standard InChI is InChI=1S/4O.W/q;;2*-1;. The fourth-order valence-corrected chi connectivity index (χ4v) is 0. The second kappa shape index (κ2) is 1.12. The van der Waals surface area contributed by atoms with Crippen molar-refractivity contribution in [1.82, 2.24) is 0 Å². The van der Waals surface area contributed by atoms with Gasteiger partial charge in [0.05, 0.1) is 0 Å². The molecule has 0 unspecified atom stereocenters. The third kappa shape index (κ3) is 473. The van der Waals surface area contributed by atoms with Crippen molar-refractivity contribution in [2.75, 3.05) is 0 Å². The first kappa shape index (κ1) is 5.21. The molecule has 0 aromatic rings. The van der Waals surface area contributed by atoms with Crippen LogP contribution in [0.1, 0.15) is 0 Å². The second-order valence-corrected chi connectivity index (χ2v) is 3.34. The van der Waals surface area contributed by atoms with Crippen LogP contribution in [0, 0.1) is 0 Å². The maximum atomic E-state index is 8.65. The van der Waals surface area contributed by atoms with Gasteiger partial charge >= 0.3 is 31.1 Å². The van der Waals surface area contributed by atoms with Crippen LogP contribution in [0.5, 0.6) is 0 Å². The van der Waals surface area contributed by atoms with Gasteiger partial charge < -0.3 is 0 Å². The topological polar surface area (TPSA) is 80.3 Å². The van der Waals surface area contributed by atoms with E-state index in [2.05, 4.69) is 0 Å². The molecule has 0 spiro atoms. The quantitative estimate of drug-likeness (QED) is 0.470. The summed E-state index contributed by atoms with van der Waals surface area (Å²) in [6.07, 6.45) is 0. The zero-order valence-corrected chi connectivity index (χ0v) is 4.97. The Bertz CT molecular complexity index is 86.8. The Hall–Kier alpha value is 0.208. The third-order valence-electron chi connectivity index (χ3n) is 0. The van der Waals surface area contributed by atoms with Gasteiger partial charge in [-0.25, -0.2) is 0 Å². The molecule has 0 aliphatic carbocycles. The summed E-state index contributed by atoms with van der Waals surface area (Å²) in [6, 6.07) is 0. The van der Waals surface area contributed by atoms with E-state index in [1.54, 1.807) is 0 Å². The third-order valence-corrected chi connectivity index (χ3v) is 0. The summed E-state index contributed by atoms with van der Waals surface area (Å²) < 4.78 is 34.6. The Labute approximate surface area is 31.8 Å². The van der Waals surface area contributed by atoms with Crippen molar-refractivity contribution in [1.29, 1.82) is 0 Å². The summed E-state index contributed by atoms with van der Waals surface area (Å²) >= 11 is -6.17. The molecule has 0 aliphatic heterocycles. The van der Waals surface area contributed by atoms with E-state index in [0.29, 0.717) is 0 Å². The van der Waals surface area contributed by atoms with Crippen LogP contribution in [0.2, 0.25) is 0 Å². The van der Waals surface area contributed by atoms with E-state index < -0.39 is 16.7 Å². The van der Waals surface area contributed by atoms with Gasteiger partial charge in [0.2, 0.25) is 0 Å². The zero-order chi connectivity index (χ0) is 4.50. The minimum atomic E-state index is -6.17. The van der Waals surface area contributed by atoms with Gasteiger partial charge in [-0.3, -0.25) is 0 Å². The molecule has 0 saturated heterocycles. The van der Waals surface area contributed by atoms with Crippen molar-refractivity contribution >= 4 is 0 Å². The van der Waals surface area contributed by atoms with E-state index in [1.807, 2.05) is 0 Å². The fraction of sp³-hybridized carbons (Fsp3) is 0. The summed E-state index contributed by atoms with van der Waals surface area (Å²) in [4.78, 5) is 0. The summed E-state index contributed by atoms with van der Waals surface area (Å²) in [6.45, 7) is 0. The first-order valence-corrected chi connectivity index (χ1v) is 5.46. The fourth-order valence-electron chi connectivity index (χ4n) is 0.